The SMILES string of the molecule is CC1CCC(C(O)c2c(F)ccc(Br)c2F)(N(C)C)CC1. The molecule has 0 bridgehead atoms. The molecule has 2 nitrogen and oxygen atoms in total. The first-order valence-electron chi connectivity index (χ1n) is 7.28. The molecule has 0 heterocycles. The largest absolute Gasteiger partial charge is 0.386 e. The fourth-order valence-electron chi connectivity index (χ4n) is 3.29. The van der Waals surface area contributed by atoms with Gasteiger partial charge in [-0.2, -0.15) is 0 Å². The third kappa shape index (κ3) is 3.01. The molecule has 1 atom stereocenters. The fourth-order valence-corrected chi connectivity index (χ4v) is 3.64. The van der Waals surface area contributed by atoms with E-state index in [0.29, 0.717) is 5.92 Å². The summed E-state index contributed by atoms with van der Waals surface area (Å²) in [6.07, 6.45) is 2.18. The van der Waals surface area contributed by atoms with E-state index in [2.05, 4.69) is 22.9 Å². The molecule has 1 saturated carbocycles. The third-order valence-electron chi connectivity index (χ3n) is 4.89. The lowest BCUT2D eigenvalue weighted by atomic mass is 9.71. The van der Waals surface area contributed by atoms with Crippen LogP contribution in [0, 0.1) is 17.6 Å². The van der Waals surface area contributed by atoms with E-state index in [9.17, 15) is 13.9 Å². The van der Waals surface area contributed by atoms with Gasteiger partial charge in [-0.05, 0) is 73.8 Å². The Morgan fingerprint density at radius 3 is 2.38 bits per heavy atom. The van der Waals surface area contributed by atoms with Gasteiger partial charge < -0.3 is 10.0 Å². The molecule has 1 fully saturated rings. The molecule has 1 unspecified atom stereocenters. The van der Waals surface area contributed by atoms with E-state index in [1.54, 1.807) is 0 Å². The molecule has 0 radical (unpaired) electrons. The van der Waals surface area contributed by atoms with Crippen LogP contribution in [0.4, 0.5) is 8.78 Å². The minimum atomic E-state index is -1.18. The van der Waals surface area contributed by atoms with Gasteiger partial charge in [0.15, 0.2) is 0 Å². The molecule has 1 aliphatic carbocycles. The molecular weight excluding hydrogens is 340 g/mol. The predicted molar refractivity (Wildman–Crippen MR) is 83.1 cm³/mol. The van der Waals surface area contributed by atoms with Crippen LogP contribution in [0.5, 0.6) is 0 Å². The van der Waals surface area contributed by atoms with Gasteiger partial charge in [-0.15, -0.1) is 0 Å². The number of nitrogens with zero attached hydrogens (tertiary/aromatic N) is 1. The maximum Gasteiger partial charge on any atom is 0.146 e. The summed E-state index contributed by atoms with van der Waals surface area (Å²) in [6.45, 7) is 2.17. The Bertz CT molecular complexity index is 513. The van der Waals surface area contributed by atoms with Gasteiger partial charge >= 0.3 is 0 Å². The minimum absolute atomic E-state index is 0.177. The molecule has 1 aliphatic rings. The molecule has 2 rings (SSSR count). The monoisotopic (exact) mass is 361 g/mol. The predicted octanol–water partition coefficient (Wildman–Crippen LogP) is 4.27. The summed E-state index contributed by atoms with van der Waals surface area (Å²) in [5.74, 6) is -0.812. The summed E-state index contributed by atoms with van der Waals surface area (Å²) >= 11 is 3.07. The molecule has 118 valence electrons. The lowest BCUT2D eigenvalue weighted by molar-refractivity contribution is -0.0440. The quantitative estimate of drug-likeness (QED) is 0.812. The van der Waals surface area contributed by atoms with Crippen LogP contribution < -0.4 is 0 Å². The van der Waals surface area contributed by atoms with Gasteiger partial charge in [0.1, 0.15) is 17.7 Å². The van der Waals surface area contributed by atoms with Crippen molar-refractivity contribution < 1.29 is 13.9 Å². The molecule has 21 heavy (non-hydrogen) atoms. The number of aliphatic hydroxyl groups is 1. The summed E-state index contributed by atoms with van der Waals surface area (Å²) in [4.78, 5) is 1.92. The van der Waals surface area contributed by atoms with Crippen molar-refractivity contribution in [2.45, 2.75) is 44.2 Å². The molecule has 1 N–H and O–H groups in total. The Morgan fingerprint density at radius 1 is 1.29 bits per heavy atom. The lowest BCUT2D eigenvalue weighted by Crippen LogP contribution is -2.51. The highest BCUT2D eigenvalue weighted by Crippen LogP contribution is 2.45. The third-order valence-corrected chi connectivity index (χ3v) is 5.51. The highest BCUT2D eigenvalue weighted by atomic mass is 79.9. The zero-order chi connectivity index (χ0) is 15.8. The maximum absolute atomic E-state index is 14.3. The van der Waals surface area contributed by atoms with Crippen molar-refractivity contribution in [3.8, 4) is 0 Å². The summed E-state index contributed by atoms with van der Waals surface area (Å²) in [7, 11) is 3.74. The number of hydrogen-bond donors (Lipinski definition) is 1. The van der Waals surface area contributed by atoms with Crippen molar-refractivity contribution in [2.24, 2.45) is 5.92 Å². The molecule has 1 aromatic carbocycles. The lowest BCUT2D eigenvalue weighted by Gasteiger charge is -2.47. The zero-order valence-corrected chi connectivity index (χ0v) is 14.3. The number of benzene rings is 1. The van der Waals surface area contributed by atoms with E-state index in [4.69, 9.17) is 0 Å². The van der Waals surface area contributed by atoms with E-state index < -0.39 is 23.3 Å². The van der Waals surface area contributed by atoms with Crippen molar-refractivity contribution in [1.29, 1.82) is 0 Å². The van der Waals surface area contributed by atoms with Crippen LogP contribution in [-0.2, 0) is 0 Å². The number of halogens is 3. The normalized spacial score (nSPS) is 27.9. The molecule has 0 aromatic heterocycles. The standard InChI is InChI=1S/C16H22BrF2NO/c1-10-6-8-16(9-7-10,20(2)3)15(21)13-12(18)5-4-11(17)14(13)19/h4-5,10,15,21H,6-9H2,1-3H3. The average molecular weight is 362 g/mol. The van der Waals surface area contributed by atoms with Gasteiger partial charge in [0, 0.05) is 0 Å². The number of hydrogen-bond acceptors (Lipinski definition) is 2. The molecule has 1 aromatic rings. The topological polar surface area (TPSA) is 23.5 Å². The van der Waals surface area contributed by atoms with Gasteiger partial charge in [-0.3, -0.25) is 0 Å². The van der Waals surface area contributed by atoms with Gasteiger partial charge in [0.25, 0.3) is 0 Å². The Morgan fingerprint density at radius 2 is 1.86 bits per heavy atom. The van der Waals surface area contributed by atoms with E-state index >= 15 is 0 Å². The van der Waals surface area contributed by atoms with Gasteiger partial charge in [-0.25, -0.2) is 8.78 Å². The zero-order valence-electron chi connectivity index (χ0n) is 12.7. The van der Waals surface area contributed by atoms with Gasteiger partial charge in [-0.1, -0.05) is 6.92 Å². The van der Waals surface area contributed by atoms with Crippen LogP contribution >= 0.6 is 15.9 Å². The van der Waals surface area contributed by atoms with Crippen LogP contribution in [0.25, 0.3) is 0 Å². The Labute approximate surface area is 133 Å². The Balaban J connectivity index is 2.45. The molecular formula is C16H22BrF2NO. The minimum Gasteiger partial charge on any atom is -0.386 e. The maximum atomic E-state index is 14.3. The van der Waals surface area contributed by atoms with Gasteiger partial charge in [0.2, 0.25) is 0 Å². The van der Waals surface area contributed by atoms with Gasteiger partial charge in [0.05, 0.1) is 15.6 Å². The van der Waals surface area contributed by atoms with Crippen LogP contribution in [0.1, 0.15) is 44.3 Å². The Kier molecular flexibility index (Phi) is 5.06. The first-order chi connectivity index (χ1) is 9.79. The summed E-state index contributed by atoms with van der Waals surface area (Å²) in [6, 6.07) is 2.52. The van der Waals surface area contributed by atoms with E-state index in [1.165, 1.54) is 12.1 Å². The van der Waals surface area contributed by atoms with Crippen molar-refractivity contribution in [3.63, 3.8) is 0 Å². The Hall–Kier alpha value is -0.520. The fraction of sp³-hybridized carbons (Fsp3) is 0.625. The number of rotatable bonds is 3. The van der Waals surface area contributed by atoms with E-state index in [1.807, 2.05) is 19.0 Å². The summed E-state index contributed by atoms with van der Waals surface area (Å²) in [5.41, 5.74) is -0.845. The second kappa shape index (κ2) is 6.31. The number of aliphatic hydroxyl groups excluding tert-OH is 1. The summed E-state index contributed by atoms with van der Waals surface area (Å²) in [5, 5.41) is 10.8. The first kappa shape index (κ1) is 16.8. The highest BCUT2D eigenvalue weighted by Gasteiger charge is 2.45. The van der Waals surface area contributed by atoms with Crippen LogP contribution in [0.3, 0.4) is 0 Å². The van der Waals surface area contributed by atoms with Crippen LogP contribution in [0.2, 0.25) is 0 Å². The smallest absolute Gasteiger partial charge is 0.146 e. The molecule has 0 aliphatic heterocycles. The molecule has 0 spiro atoms. The van der Waals surface area contributed by atoms with Crippen molar-refractivity contribution in [1.82, 2.24) is 4.90 Å². The van der Waals surface area contributed by atoms with E-state index in [-0.39, 0.29) is 10.0 Å². The van der Waals surface area contributed by atoms with Crippen molar-refractivity contribution in [3.05, 3.63) is 33.8 Å². The van der Waals surface area contributed by atoms with Crippen molar-refractivity contribution in [2.75, 3.05) is 14.1 Å². The molecule has 0 amide bonds. The van der Waals surface area contributed by atoms with Crippen LogP contribution in [0.15, 0.2) is 16.6 Å². The number of likely N-dealkylation sites (N-methyl/N-ethyl adjacent to an activating group) is 1. The molecule has 0 saturated heterocycles. The van der Waals surface area contributed by atoms with Crippen LogP contribution in [-0.4, -0.2) is 29.6 Å². The second-order valence-corrected chi connectivity index (χ2v) is 7.19. The summed E-state index contributed by atoms with van der Waals surface area (Å²) < 4.78 is 28.6. The second-order valence-electron chi connectivity index (χ2n) is 6.34. The average Bonchev–Trinajstić information content (AvgIpc) is 2.44. The van der Waals surface area contributed by atoms with E-state index in [0.717, 1.165) is 25.7 Å². The molecule has 5 heteroatoms. The highest BCUT2D eigenvalue weighted by molar-refractivity contribution is 9.10. The van der Waals surface area contributed by atoms with Crippen molar-refractivity contribution >= 4 is 15.9 Å². The first-order valence-corrected chi connectivity index (χ1v) is 8.08.